The SMILES string of the molecule is CC(C)(C)[C@H](N)C(=O)N[C@H]1c2ccccc2C[C@H]1O. The molecule has 104 valence electrons. The summed E-state index contributed by atoms with van der Waals surface area (Å²) in [6.45, 7) is 5.78. The Kier molecular flexibility index (Phi) is 3.65. The molecule has 3 atom stereocenters. The summed E-state index contributed by atoms with van der Waals surface area (Å²) in [7, 11) is 0. The lowest BCUT2D eigenvalue weighted by Gasteiger charge is -2.28. The zero-order chi connectivity index (χ0) is 14.2. The highest BCUT2D eigenvalue weighted by Crippen LogP contribution is 2.31. The van der Waals surface area contributed by atoms with Gasteiger partial charge in [0.05, 0.1) is 18.2 Å². The Hall–Kier alpha value is -1.39. The third kappa shape index (κ3) is 2.80. The number of aliphatic hydroxyl groups excluding tert-OH is 1. The van der Waals surface area contributed by atoms with Crippen LogP contribution in [0, 0.1) is 5.41 Å². The van der Waals surface area contributed by atoms with E-state index in [1.807, 2.05) is 45.0 Å². The first kappa shape index (κ1) is 14.0. The van der Waals surface area contributed by atoms with Gasteiger partial charge >= 0.3 is 0 Å². The van der Waals surface area contributed by atoms with Gasteiger partial charge in [0, 0.05) is 6.42 Å². The molecule has 1 aromatic carbocycles. The summed E-state index contributed by atoms with van der Waals surface area (Å²) in [6.07, 6.45) is -0.000172. The molecule has 0 spiro atoms. The predicted molar refractivity (Wildman–Crippen MR) is 74.5 cm³/mol. The minimum absolute atomic E-state index is 0.215. The summed E-state index contributed by atoms with van der Waals surface area (Å²) in [4.78, 5) is 12.2. The normalized spacial score (nSPS) is 23.8. The van der Waals surface area contributed by atoms with E-state index in [-0.39, 0.29) is 17.4 Å². The molecular weight excluding hydrogens is 240 g/mol. The number of rotatable bonds is 2. The van der Waals surface area contributed by atoms with Crippen molar-refractivity contribution in [2.45, 2.75) is 45.4 Å². The van der Waals surface area contributed by atoms with Gasteiger partial charge in [0.25, 0.3) is 0 Å². The lowest BCUT2D eigenvalue weighted by atomic mass is 9.86. The predicted octanol–water partition coefficient (Wildman–Crippen LogP) is 1.13. The van der Waals surface area contributed by atoms with E-state index in [1.165, 1.54) is 0 Å². The van der Waals surface area contributed by atoms with Crippen LogP contribution in [0.1, 0.15) is 37.9 Å². The van der Waals surface area contributed by atoms with Gasteiger partial charge in [0.1, 0.15) is 0 Å². The van der Waals surface area contributed by atoms with Crippen molar-refractivity contribution in [2.75, 3.05) is 0 Å². The van der Waals surface area contributed by atoms with Crippen LogP contribution in [0.2, 0.25) is 0 Å². The van der Waals surface area contributed by atoms with Crippen LogP contribution in [0.3, 0.4) is 0 Å². The van der Waals surface area contributed by atoms with Crippen molar-refractivity contribution in [1.82, 2.24) is 5.32 Å². The standard InChI is InChI=1S/C15H22N2O2/c1-15(2,3)13(16)14(19)17-12-10-7-5-4-6-9(10)8-11(12)18/h4-7,11-13,18H,8,16H2,1-3H3,(H,17,19)/t11-,12+,13-/m1/s1. The van der Waals surface area contributed by atoms with E-state index >= 15 is 0 Å². The van der Waals surface area contributed by atoms with Crippen LogP contribution in [-0.4, -0.2) is 23.2 Å². The third-order valence-electron chi connectivity index (χ3n) is 3.72. The van der Waals surface area contributed by atoms with Crippen LogP contribution in [-0.2, 0) is 11.2 Å². The maximum atomic E-state index is 12.2. The molecule has 1 amide bonds. The van der Waals surface area contributed by atoms with Crippen LogP contribution in [0.5, 0.6) is 0 Å². The van der Waals surface area contributed by atoms with E-state index in [9.17, 15) is 9.90 Å². The molecule has 4 heteroatoms. The Morgan fingerprint density at radius 2 is 2.05 bits per heavy atom. The van der Waals surface area contributed by atoms with Gasteiger partial charge < -0.3 is 16.2 Å². The quantitative estimate of drug-likeness (QED) is 0.748. The molecule has 4 N–H and O–H groups in total. The van der Waals surface area contributed by atoms with Gasteiger partial charge in [-0.3, -0.25) is 4.79 Å². The van der Waals surface area contributed by atoms with Gasteiger partial charge in [-0.25, -0.2) is 0 Å². The number of carbonyl (C=O) groups is 1. The fourth-order valence-corrected chi connectivity index (χ4v) is 2.38. The summed E-state index contributed by atoms with van der Waals surface area (Å²) < 4.78 is 0. The first-order valence-corrected chi connectivity index (χ1v) is 6.62. The van der Waals surface area contributed by atoms with Crippen molar-refractivity contribution in [2.24, 2.45) is 11.1 Å². The molecule has 0 unspecified atom stereocenters. The minimum Gasteiger partial charge on any atom is -0.390 e. The van der Waals surface area contributed by atoms with Crippen LogP contribution < -0.4 is 11.1 Å². The molecule has 0 radical (unpaired) electrons. The molecule has 2 rings (SSSR count). The van der Waals surface area contributed by atoms with E-state index in [2.05, 4.69) is 5.32 Å². The lowest BCUT2D eigenvalue weighted by Crippen LogP contribution is -2.50. The molecule has 1 aromatic rings. The smallest absolute Gasteiger partial charge is 0.238 e. The van der Waals surface area contributed by atoms with Gasteiger partial charge in [-0.2, -0.15) is 0 Å². The molecule has 19 heavy (non-hydrogen) atoms. The largest absolute Gasteiger partial charge is 0.390 e. The molecule has 0 saturated heterocycles. The highest BCUT2D eigenvalue weighted by atomic mass is 16.3. The van der Waals surface area contributed by atoms with Crippen LogP contribution in [0.15, 0.2) is 24.3 Å². The van der Waals surface area contributed by atoms with E-state index in [0.717, 1.165) is 11.1 Å². The van der Waals surface area contributed by atoms with Crippen LogP contribution in [0.4, 0.5) is 0 Å². The van der Waals surface area contributed by atoms with Crippen molar-refractivity contribution < 1.29 is 9.90 Å². The Morgan fingerprint density at radius 1 is 1.42 bits per heavy atom. The maximum absolute atomic E-state index is 12.2. The molecule has 4 nitrogen and oxygen atoms in total. The Morgan fingerprint density at radius 3 is 2.68 bits per heavy atom. The second-order valence-corrected chi connectivity index (χ2v) is 6.30. The molecule has 0 aliphatic heterocycles. The molecule has 0 bridgehead atoms. The highest BCUT2D eigenvalue weighted by Gasteiger charge is 2.35. The van der Waals surface area contributed by atoms with Crippen LogP contribution >= 0.6 is 0 Å². The topological polar surface area (TPSA) is 75.4 Å². The molecule has 1 aliphatic carbocycles. The Labute approximate surface area is 114 Å². The zero-order valence-electron chi connectivity index (χ0n) is 11.7. The molecule has 0 heterocycles. The van der Waals surface area contributed by atoms with Gasteiger partial charge in [-0.15, -0.1) is 0 Å². The number of carbonyl (C=O) groups excluding carboxylic acids is 1. The minimum atomic E-state index is -0.590. The maximum Gasteiger partial charge on any atom is 0.238 e. The first-order valence-electron chi connectivity index (χ1n) is 6.62. The molecule has 0 aromatic heterocycles. The third-order valence-corrected chi connectivity index (χ3v) is 3.72. The number of nitrogens with two attached hydrogens (primary N) is 1. The van der Waals surface area contributed by atoms with Crippen molar-refractivity contribution in [1.29, 1.82) is 0 Å². The van der Waals surface area contributed by atoms with Crippen molar-refractivity contribution >= 4 is 5.91 Å². The van der Waals surface area contributed by atoms with Gasteiger partial charge in [-0.05, 0) is 16.5 Å². The van der Waals surface area contributed by atoms with Gasteiger partial charge in [0.2, 0.25) is 5.91 Å². The monoisotopic (exact) mass is 262 g/mol. The fraction of sp³-hybridized carbons (Fsp3) is 0.533. The Bertz CT molecular complexity index is 479. The number of hydrogen-bond donors (Lipinski definition) is 3. The average molecular weight is 262 g/mol. The summed E-state index contributed by atoms with van der Waals surface area (Å²) in [5.41, 5.74) is 7.72. The lowest BCUT2D eigenvalue weighted by molar-refractivity contribution is -0.126. The second kappa shape index (κ2) is 4.94. The summed E-state index contributed by atoms with van der Waals surface area (Å²) >= 11 is 0. The number of nitrogens with one attached hydrogen (secondary N) is 1. The fourth-order valence-electron chi connectivity index (χ4n) is 2.38. The summed E-state index contributed by atoms with van der Waals surface area (Å²) in [6, 6.07) is 6.84. The number of aliphatic hydroxyl groups is 1. The van der Waals surface area contributed by atoms with Crippen molar-refractivity contribution in [3.05, 3.63) is 35.4 Å². The number of amides is 1. The molecule has 0 saturated carbocycles. The first-order chi connectivity index (χ1) is 8.80. The zero-order valence-corrected chi connectivity index (χ0v) is 11.7. The second-order valence-electron chi connectivity index (χ2n) is 6.30. The van der Waals surface area contributed by atoms with Gasteiger partial charge in [-0.1, -0.05) is 45.0 Å². The van der Waals surface area contributed by atoms with E-state index in [0.29, 0.717) is 6.42 Å². The summed E-state index contributed by atoms with van der Waals surface area (Å²) in [5.74, 6) is -0.215. The highest BCUT2D eigenvalue weighted by molar-refractivity contribution is 5.83. The number of fused-ring (bicyclic) bond motifs is 1. The molecule has 1 aliphatic rings. The number of benzene rings is 1. The van der Waals surface area contributed by atoms with Crippen LogP contribution in [0.25, 0.3) is 0 Å². The van der Waals surface area contributed by atoms with E-state index < -0.39 is 12.1 Å². The van der Waals surface area contributed by atoms with Crippen molar-refractivity contribution in [3.63, 3.8) is 0 Å². The van der Waals surface area contributed by atoms with Crippen molar-refractivity contribution in [3.8, 4) is 0 Å². The number of hydrogen-bond acceptors (Lipinski definition) is 3. The van der Waals surface area contributed by atoms with E-state index in [1.54, 1.807) is 0 Å². The summed E-state index contributed by atoms with van der Waals surface area (Å²) in [5, 5.41) is 13.0. The van der Waals surface area contributed by atoms with Gasteiger partial charge in [0.15, 0.2) is 0 Å². The van der Waals surface area contributed by atoms with E-state index in [4.69, 9.17) is 5.73 Å². The average Bonchev–Trinajstić information content (AvgIpc) is 2.64. The Balaban J connectivity index is 2.14. The molecular formula is C15H22N2O2. The molecule has 0 fully saturated rings.